The summed E-state index contributed by atoms with van der Waals surface area (Å²) in [6.45, 7) is 8.91. The molecule has 8 nitrogen and oxygen atoms in total. The van der Waals surface area contributed by atoms with Gasteiger partial charge in [-0.1, -0.05) is 24.3 Å². The fourth-order valence-electron chi connectivity index (χ4n) is 6.76. The Morgan fingerprint density at radius 2 is 1.80 bits per heavy atom. The number of benzene rings is 3. The first-order valence-electron chi connectivity index (χ1n) is 15.1. The average Bonchev–Trinajstić information content (AvgIpc) is 3.67. The van der Waals surface area contributed by atoms with Crippen LogP contribution in [0.5, 0.6) is 0 Å². The number of fused-ring (bicyclic) bond motifs is 5. The topological polar surface area (TPSA) is 102 Å². The molecule has 0 aliphatic heterocycles. The second-order valence-electron chi connectivity index (χ2n) is 11.6. The van der Waals surface area contributed by atoms with Crippen LogP contribution in [0.15, 0.2) is 74.8 Å². The van der Waals surface area contributed by atoms with E-state index >= 15 is 0 Å². The Labute approximate surface area is 254 Å². The van der Waals surface area contributed by atoms with Gasteiger partial charge in [0.15, 0.2) is 5.76 Å². The van der Waals surface area contributed by atoms with E-state index in [1.807, 2.05) is 51.1 Å². The highest BCUT2D eigenvalue weighted by Gasteiger charge is 2.28. The van der Waals surface area contributed by atoms with Crippen LogP contribution in [-0.4, -0.2) is 22.1 Å². The fraction of sp³-hybridized carbons (Fsp3) is 0.250. The molecule has 1 aliphatic rings. The van der Waals surface area contributed by atoms with Gasteiger partial charge in [-0.05, 0) is 82.0 Å². The number of aryl methyl sites for hydroxylation is 4. The van der Waals surface area contributed by atoms with Crippen LogP contribution in [0, 0.1) is 20.8 Å². The van der Waals surface area contributed by atoms with Crippen LogP contribution in [0.4, 0.5) is 5.69 Å². The van der Waals surface area contributed by atoms with Gasteiger partial charge in [0.25, 0.3) is 5.91 Å². The van der Waals surface area contributed by atoms with Crippen LogP contribution in [0.2, 0.25) is 0 Å². The van der Waals surface area contributed by atoms with Crippen LogP contribution in [-0.2, 0) is 24.2 Å². The molecule has 0 radical (unpaired) electrons. The summed E-state index contributed by atoms with van der Waals surface area (Å²) in [5.74, 6) is 0.449. The minimum atomic E-state index is -0.309. The molecule has 222 valence electrons. The van der Waals surface area contributed by atoms with E-state index < -0.39 is 0 Å². The summed E-state index contributed by atoms with van der Waals surface area (Å²) >= 11 is 0. The number of hydrogen-bond acceptors (Lipinski definition) is 5. The predicted octanol–water partition coefficient (Wildman–Crippen LogP) is 7.73. The number of hydrogen-bond donors (Lipinski definition) is 2. The van der Waals surface area contributed by atoms with Gasteiger partial charge in [0, 0.05) is 62.5 Å². The van der Waals surface area contributed by atoms with Crippen molar-refractivity contribution in [3.63, 3.8) is 0 Å². The van der Waals surface area contributed by atoms with Crippen molar-refractivity contribution in [1.82, 2.24) is 9.99 Å². The number of hydrazone groups is 1. The Morgan fingerprint density at radius 3 is 2.64 bits per heavy atom. The Bertz CT molecular complexity index is 2140. The minimum absolute atomic E-state index is 0.153. The molecule has 0 atom stereocenters. The molecule has 2 N–H and O–H groups in total. The molecule has 2 amide bonds. The molecule has 0 spiro atoms. The third-order valence-corrected chi connectivity index (χ3v) is 8.64. The second kappa shape index (κ2) is 10.9. The van der Waals surface area contributed by atoms with E-state index in [9.17, 15) is 9.59 Å². The van der Waals surface area contributed by atoms with Crippen LogP contribution >= 0.6 is 0 Å². The van der Waals surface area contributed by atoms with Gasteiger partial charge in [-0.25, -0.2) is 5.43 Å². The summed E-state index contributed by atoms with van der Waals surface area (Å²) in [5, 5.41) is 10.8. The maximum absolute atomic E-state index is 13.5. The van der Waals surface area contributed by atoms with E-state index in [2.05, 4.69) is 51.6 Å². The van der Waals surface area contributed by atoms with Gasteiger partial charge in [-0.2, -0.15) is 5.10 Å². The lowest BCUT2D eigenvalue weighted by atomic mass is 9.93. The fourth-order valence-corrected chi connectivity index (χ4v) is 6.76. The first kappa shape index (κ1) is 27.7. The molecular weight excluding hydrogens is 552 g/mol. The van der Waals surface area contributed by atoms with E-state index in [0.717, 1.165) is 79.5 Å². The smallest absolute Gasteiger partial charge is 0.291 e. The first-order valence-corrected chi connectivity index (χ1v) is 15.1. The molecule has 0 saturated carbocycles. The van der Waals surface area contributed by atoms with Crippen molar-refractivity contribution in [3.05, 3.63) is 100 Å². The van der Waals surface area contributed by atoms with Crippen molar-refractivity contribution in [2.24, 2.45) is 5.10 Å². The molecule has 0 saturated heterocycles. The number of anilines is 1. The number of carbonyl (C=O) groups is 2. The monoisotopic (exact) mass is 586 g/mol. The van der Waals surface area contributed by atoms with Gasteiger partial charge in [-0.3, -0.25) is 9.59 Å². The third kappa shape index (κ3) is 4.67. The molecule has 3 aromatic heterocycles. The zero-order valence-electron chi connectivity index (χ0n) is 25.3. The maximum Gasteiger partial charge on any atom is 0.291 e. The highest BCUT2D eigenvalue weighted by Crippen LogP contribution is 2.33. The van der Waals surface area contributed by atoms with Gasteiger partial charge < -0.3 is 18.7 Å². The Kier molecular flexibility index (Phi) is 6.84. The number of furan rings is 2. The summed E-state index contributed by atoms with van der Waals surface area (Å²) in [6, 6.07) is 18.4. The summed E-state index contributed by atoms with van der Waals surface area (Å²) in [4.78, 5) is 26.4. The molecule has 8 heteroatoms. The molecular formula is C36H34N4O4. The van der Waals surface area contributed by atoms with E-state index in [4.69, 9.17) is 8.83 Å². The van der Waals surface area contributed by atoms with Gasteiger partial charge in [0.05, 0.1) is 18.4 Å². The summed E-state index contributed by atoms with van der Waals surface area (Å²) in [7, 11) is 0. The van der Waals surface area contributed by atoms with Crippen LogP contribution < -0.4 is 10.7 Å². The lowest BCUT2D eigenvalue weighted by molar-refractivity contribution is -0.120. The zero-order chi connectivity index (χ0) is 30.5. The SMILES string of the molecule is CCn1c2ccccc2c2cc(NC(=O)c3oc4c(c3C)/C(=N/NC(=O)Cc3coc5cc(C)cc(C)c35)CCC4)ccc21. The van der Waals surface area contributed by atoms with Gasteiger partial charge in [-0.15, -0.1) is 0 Å². The highest BCUT2D eigenvalue weighted by molar-refractivity contribution is 6.12. The van der Waals surface area contributed by atoms with Gasteiger partial charge in [0.2, 0.25) is 5.91 Å². The number of nitrogens with one attached hydrogen (secondary N) is 2. The second-order valence-corrected chi connectivity index (χ2v) is 11.6. The van der Waals surface area contributed by atoms with Crippen molar-refractivity contribution in [3.8, 4) is 0 Å². The number of aromatic nitrogens is 1. The Morgan fingerprint density at radius 1 is 0.977 bits per heavy atom. The molecule has 3 aromatic carbocycles. The van der Waals surface area contributed by atoms with Crippen LogP contribution in [0.3, 0.4) is 0 Å². The molecule has 7 rings (SSSR count). The van der Waals surface area contributed by atoms with Crippen molar-refractivity contribution < 1.29 is 18.4 Å². The van der Waals surface area contributed by atoms with Crippen molar-refractivity contribution in [2.45, 2.75) is 59.9 Å². The first-order chi connectivity index (χ1) is 21.3. The summed E-state index contributed by atoms with van der Waals surface area (Å²) in [5.41, 5.74) is 11.8. The normalized spacial score (nSPS) is 14.0. The highest BCUT2D eigenvalue weighted by atomic mass is 16.4. The molecule has 6 aromatic rings. The van der Waals surface area contributed by atoms with E-state index in [-0.39, 0.29) is 24.0 Å². The summed E-state index contributed by atoms with van der Waals surface area (Å²) < 4.78 is 14.1. The largest absolute Gasteiger partial charge is 0.464 e. The van der Waals surface area contributed by atoms with Crippen LogP contribution in [0.25, 0.3) is 32.8 Å². The van der Waals surface area contributed by atoms with Crippen molar-refractivity contribution >= 4 is 56.0 Å². The maximum atomic E-state index is 13.5. The minimum Gasteiger partial charge on any atom is -0.464 e. The van der Waals surface area contributed by atoms with Gasteiger partial charge >= 0.3 is 0 Å². The molecule has 44 heavy (non-hydrogen) atoms. The zero-order valence-corrected chi connectivity index (χ0v) is 25.3. The number of carbonyl (C=O) groups excluding carboxylic acids is 2. The van der Waals surface area contributed by atoms with E-state index in [1.165, 1.54) is 5.52 Å². The standard InChI is InChI=1S/C36H34N4O4/c1-5-40-28-11-7-6-9-25(28)26-18-24(13-14-29(26)40)37-36(42)35-22(4)34-27(10-8-12-30(34)44-35)38-39-32(41)17-23-19-43-31-16-20(2)15-21(3)33(23)31/h6-7,9,11,13-16,18-19H,5,8,10,12,17H2,1-4H3,(H,37,42)(H,39,41)/b38-27+. The Balaban J connectivity index is 1.11. The third-order valence-electron chi connectivity index (χ3n) is 8.64. The molecule has 3 heterocycles. The lowest BCUT2D eigenvalue weighted by Crippen LogP contribution is -2.23. The number of rotatable bonds is 6. The quantitative estimate of drug-likeness (QED) is 0.195. The molecule has 0 bridgehead atoms. The molecule has 1 aliphatic carbocycles. The van der Waals surface area contributed by atoms with Crippen molar-refractivity contribution in [1.29, 1.82) is 0 Å². The van der Waals surface area contributed by atoms with Gasteiger partial charge in [0.1, 0.15) is 11.3 Å². The Hall–Kier alpha value is -5.11. The van der Waals surface area contributed by atoms with E-state index in [0.29, 0.717) is 18.5 Å². The summed E-state index contributed by atoms with van der Waals surface area (Å²) in [6.07, 6.45) is 4.00. The number of nitrogens with zero attached hydrogens (tertiary/aromatic N) is 2. The van der Waals surface area contributed by atoms with Crippen LogP contribution in [0.1, 0.15) is 63.9 Å². The molecule has 0 unspecified atom stereocenters. The van der Waals surface area contributed by atoms with E-state index in [1.54, 1.807) is 6.26 Å². The average molecular weight is 587 g/mol. The number of amides is 2. The molecule has 0 fully saturated rings. The lowest BCUT2D eigenvalue weighted by Gasteiger charge is -2.13. The predicted molar refractivity (Wildman–Crippen MR) is 174 cm³/mol. The van der Waals surface area contributed by atoms with Crippen molar-refractivity contribution in [2.75, 3.05) is 5.32 Å². The number of para-hydroxylation sites is 1.